The van der Waals surface area contributed by atoms with Gasteiger partial charge in [0.1, 0.15) is 5.75 Å². The molecule has 1 unspecified atom stereocenters. The van der Waals surface area contributed by atoms with Gasteiger partial charge in [-0.2, -0.15) is 5.26 Å². The number of carbonyl (C=O) groups is 1. The van der Waals surface area contributed by atoms with E-state index in [1.54, 1.807) is 40.5 Å². The molecule has 2 aromatic carbocycles. The third-order valence-corrected chi connectivity index (χ3v) is 8.05. The summed E-state index contributed by atoms with van der Waals surface area (Å²) in [5.74, 6) is 0.454. The van der Waals surface area contributed by atoms with Crippen LogP contribution in [0.3, 0.4) is 0 Å². The van der Waals surface area contributed by atoms with Gasteiger partial charge < -0.3 is 9.64 Å². The number of carbonyl (C=O) groups excluding carboxylic acids is 1. The summed E-state index contributed by atoms with van der Waals surface area (Å²) in [6.45, 7) is 0.232. The molecular formula is C24H22N2O4S2. The zero-order valence-corrected chi connectivity index (χ0v) is 18.9. The maximum atomic E-state index is 13.0. The zero-order chi connectivity index (χ0) is 22.6. The van der Waals surface area contributed by atoms with Crippen molar-refractivity contribution in [2.24, 2.45) is 0 Å². The first-order chi connectivity index (χ1) is 15.4. The lowest BCUT2D eigenvalue weighted by Gasteiger charge is -2.28. The summed E-state index contributed by atoms with van der Waals surface area (Å²) >= 11 is 1.54. The molecule has 1 aliphatic rings. The molecule has 1 saturated heterocycles. The van der Waals surface area contributed by atoms with E-state index in [-0.39, 0.29) is 30.1 Å². The molecule has 4 rings (SSSR count). The minimum absolute atomic E-state index is 0.00338. The van der Waals surface area contributed by atoms with E-state index in [0.29, 0.717) is 24.3 Å². The monoisotopic (exact) mass is 466 g/mol. The Kier molecular flexibility index (Phi) is 6.58. The van der Waals surface area contributed by atoms with Crippen LogP contribution in [0, 0.1) is 11.3 Å². The Labute approximate surface area is 191 Å². The van der Waals surface area contributed by atoms with Crippen molar-refractivity contribution in [3.63, 3.8) is 0 Å². The number of hydrogen-bond donors (Lipinski definition) is 0. The van der Waals surface area contributed by atoms with Crippen LogP contribution in [-0.2, 0) is 21.2 Å². The minimum Gasteiger partial charge on any atom is -0.484 e. The van der Waals surface area contributed by atoms with Crippen LogP contribution < -0.4 is 4.74 Å². The number of hydrogen-bond acceptors (Lipinski definition) is 6. The van der Waals surface area contributed by atoms with E-state index in [2.05, 4.69) is 6.07 Å². The lowest BCUT2D eigenvalue weighted by atomic mass is 10.0. The third-order valence-electron chi connectivity index (χ3n) is 5.44. The standard InChI is InChI=1S/C24H22N2O4S2/c25-14-18-3-5-19(6-4-18)20-7-9-22(10-8-20)30-16-24(27)26(15-23-2-1-12-31-23)21-11-13-32(28,29)17-21/h1-10,12,21H,11,13,15-17H2. The fourth-order valence-corrected chi connectivity index (χ4v) is 6.15. The van der Waals surface area contributed by atoms with Crippen LogP contribution in [0.2, 0.25) is 0 Å². The Morgan fingerprint density at radius 3 is 2.34 bits per heavy atom. The van der Waals surface area contributed by atoms with E-state index >= 15 is 0 Å². The molecule has 164 valence electrons. The third kappa shape index (κ3) is 5.36. The zero-order valence-electron chi connectivity index (χ0n) is 17.3. The van der Waals surface area contributed by atoms with Gasteiger partial charge in [-0.05, 0) is 53.3 Å². The maximum Gasteiger partial charge on any atom is 0.261 e. The van der Waals surface area contributed by atoms with Crippen molar-refractivity contribution >= 4 is 27.1 Å². The molecule has 32 heavy (non-hydrogen) atoms. The number of nitrogens with zero attached hydrogens (tertiary/aromatic N) is 2. The van der Waals surface area contributed by atoms with E-state index in [4.69, 9.17) is 10.00 Å². The van der Waals surface area contributed by atoms with Gasteiger partial charge in [0.05, 0.1) is 29.7 Å². The Balaban J connectivity index is 1.41. The predicted molar refractivity (Wildman–Crippen MR) is 124 cm³/mol. The van der Waals surface area contributed by atoms with E-state index in [0.717, 1.165) is 16.0 Å². The van der Waals surface area contributed by atoms with Crippen LogP contribution in [0.5, 0.6) is 5.75 Å². The van der Waals surface area contributed by atoms with Gasteiger partial charge in [-0.1, -0.05) is 30.3 Å². The summed E-state index contributed by atoms with van der Waals surface area (Å²) in [7, 11) is -3.10. The average molecular weight is 467 g/mol. The molecule has 1 amide bonds. The molecule has 2 heterocycles. The lowest BCUT2D eigenvalue weighted by Crippen LogP contribution is -2.42. The average Bonchev–Trinajstić information content (AvgIpc) is 3.45. The second-order valence-electron chi connectivity index (χ2n) is 7.66. The fraction of sp³-hybridized carbons (Fsp3) is 0.250. The van der Waals surface area contributed by atoms with Crippen LogP contribution in [-0.4, -0.2) is 43.4 Å². The van der Waals surface area contributed by atoms with Crippen molar-refractivity contribution in [3.05, 3.63) is 76.5 Å². The van der Waals surface area contributed by atoms with Crippen molar-refractivity contribution in [1.82, 2.24) is 4.90 Å². The van der Waals surface area contributed by atoms with Crippen molar-refractivity contribution < 1.29 is 17.9 Å². The van der Waals surface area contributed by atoms with Crippen molar-refractivity contribution in [2.75, 3.05) is 18.1 Å². The van der Waals surface area contributed by atoms with Crippen LogP contribution in [0.15, 0.2) is 66.0 Å². The number of sulfone groups is 1. The highest BCUT2D eigenvalue weighted by Gasteiger charge is 2.35. The number of rotatable bonds is 7. The maximum absolute atomic E-state index is 13.0. The predicted octanol–water partition coefficient (Wildman–Crippen LogP) is 3.88. The van der Waals surface area contributed by atoms with Crippen LogP contribution in [0.25, 0.3) is 11.1 Å². The molecule has 3 aromatic rings. The number of amides is 1. The summed E-state index contributed by atoms with van der Waals surface area (Å²) in [6.07, 6.45) is 0.457. The molecular weight excluding hydrogens is 444 g/mol. The van der Waals surface area contributed by atoms with Crippen molar-refractivity contribution in [3.8, 4) is 22.9 Å². The van der Waals surface area contributed by atoms with Crippen molar-refractivity contribution in [1.29, 1.82) is 5.26 Å². The van der Waals surface area contributed by atoms with Gasteiger partial charge in [-0.3, -0.25) is 4.79 Å². The van der Waals surface area contributed by atoms with Crippen LogP contribution >= 0.6 is 11.3 Å². The molecule has 1 fully saturated rings. The highest BCUT2D eigenvalue weighted by atomic mass is 32.2. The molecule has 0 N–H and O–H groups in total. The highest BCUT2D eigenvalue weighted by Crippen LogP contribution is 2.24. The number of thiophene rings is 1. The fourth-order valence-electron chi connectivity index (χ4n) is 3.72. The topological polar surface area (TPSA) is 87.5 Å². The molecule has 6 nitrogen and oxygen atoms in total. The van der Waals surface area contributed by atoms with E-state index in [1.807, 2.05) is 41.8 Å². The Morgan fingerprint density at radius 1 is 1.09 bits per heavy atom. The van der Waals surface area contributed by atoms with Crippen LogP contribution in [0.4, 0.5) is 0 Å². The van der Waals surface area contributed by atoms with Gasteiger partial charge in [0, 0.05) is 10.9 Å². The van der Waals surface area contributed by atoms with E-state index in [9.17, 15) is 13.2 Å². The molecule has 0 bridgehead atoms. The molecule has 0 aliphatic carbocycles. The SMILES string of the molecule is N#Cc1ccc(-c2ccc(OCC(=O)N(Cc3cccs3)C3CCS(=O)(=O)C3)cc2)cc1. The molecule has 1 atom stereocenters. The Hall–Kier alpha value is -3.15. The largest absolute Gasteiger partial charge is 0.484 e. The highest BCUT2D eigenvalue weighted by molar-refractivity contribution is 7.91. The van der Waals surface area contributed by atoms with Gasteiger partial charge in [0.25, 0.3) is 5.91 Å². The number of ether oxygens (including phenoxy) is 1. The number of benzene rings is 2. The molecule has 0 saturated carbocycles. The van der Waals surface area contributed by atoms with Gasteiger partial charge in [-0.15, -0.1) is 11.3 Å². The normalized spacial score (nSPS) is 16.9. The summed E-state index contributed by atoms with van der Waals surface area (Å²) in [5, 5.41) is 10.9. The smallest absolute Gasteiger partial charge is 0.261 e. The molecule has 0 spiro atoms. The van der Waals surface area contributed by atoms with Crippen LogP contribution in [0.1, 0.15) is 16.9 Å². The van der Waals surface area contributed by atoms with E-state index < -0.39 is 9.84 Å². The van der Waals surface area contributed by atoms with Gasteiger partial charge in [0.2, 0.25) is 0 Å². The second kappa shape index (κ2) is 9.55. The van der Waals surface area contributed by atoms with Gasteiger partial charge in [0.15, 0.2) is 16.4 Å². The molecule has 8 heteroatoms. The molecule has 0 radical (unpaired) electrons. The first-order valence-corrected chi connectivity index (χ1v) is 12.9. The Bertz CT molecular complexity index is 1210. The first-order valence-electron chi connectivity index (χ1n) is 10.2. The summed E-state index contributed by atoms with van der Waals surface area (Å²) < 4.78 is 29.6. The van der Waals surface area contributed by atoms with E-state index in [1.165, 1.54) is 0 Å². The summed E-state index contributed by atoms with van der Waals surface area (Å²) in [6, 6.07) is 20.3. The van der Waals surface area contributed by atoms with Gasteiger partial charge in [-0.25, -0.2) is 8.42 Å². The quantitative estimate of drug-likeness (QED) is 0.527. The summed E-state index contributed by atoms with van der Waals surface area (Å²) in [4.78, 5) is 15.6. The second-order valence-corrected chi connectivity index (χ2v) is 10.9. The molecule has 1 aliphatic heterocycles. The number of nitriles is 1. The summed E-state index contributed by atoms with van der Waals surface area (Å²) in [5.41, 5.74) is 2.56. The first kappa shape index (κ1) is 22.1. The lowest BCUT2D eigenvalue weighted by molar-refractivity contribution is -0.135. The Morgan fingerprint density at radius 2 is 1.78 bits per heavy atom. The van der Waals surface area contributed by atoms with Crippen molar-refractivity contribution in [2.45, 2.75) is 19.0 Å². The molecule has 1 aromatic heterocycles. The van der Waals surface area contributed by atoms with Gasteiger partial charge >= 0.3 is 0 Å². The minimum atomic E-state index is -3.10.